The van der Waals surface area contributed by atoms with Gasteiger partial charge < -0.3 is 14.8 Å². The Morgan fingerprint density at radius 1 is 0.958 bits per heavy atom. The second-order valence-corrected chi connectivity index (χ2v) is 5.29. The molecule has 0 spiro atoms. The normalized spacial score (nSPS) is 10.4. The molecule has 3 rings (SSSR count). The second-order valence-electron chi connectivity index (χ2n) is 5.29. The summed E-state index contributed by atoms with van der Waals surface area (Å²) in [6, 6.07) is 21.4. The highest BCUT2D eigenvalue weighted by Gasteiger charge is 2.10. The van der Waals surface area contributed by atoms with Gasteiger partial charge in [-0.2, -0.15) is 0 Å². The van der Waals surface area contributed by atoms with Crippen LogP contribution in [0.2, 0.25) is 0 Å². The Hall–Kier alpha value is -3.01. The molecule has 0 aliphatic carbocycles. The standard InChI is InChI=1S/C20H19NO3/c1-23-20(22)17-10-4-5-11-18(17)21-13-14-24-19-12-6-8-15-7-2-3-9-16(15)19/h2-12,21H,13-14H2,1H3. The van der Waals surface area contributed by atoms with Crippen LogP contribution in [0.1, 0.15) is 10.4 Å². The molecule has 0 amide bonds. The summed E-state index contributed by atoms with van der Waals surface area (Å²) in [5, 5.41) is 5.47. The van der Waals surface area contributed by atoms with E-state index in [-0.39, 0.29) is 5.97 Å². The first-order chi connectivity index (χ1) is 11.8. The Bertz CT molecular complexity index is 840. The van der Waals surface area contributed by atoms with Gasteiger partial charge in [-0.15, -0.1) is 0 Å². The zero-order valence-electron chi connectivity index (χ0n) is 13.5. The number of methoxy groups -OCH3 is 1. The molecule has 3 aromatic rings. The highest BCUT2D eigenvalue weighted by Crippen LogP contribution is 2.25. The number of carbonyl (C=O) groups is 1. The summed E-state index contributed by atoms with van der Waals surface area (Å²) in [6.45, 7) is 1.07. The molecule has 0 heterocycles. The summed E-state index contributed by atoms with van der Waals surface area (Å²) < 4.78 is 10.7. The minimum absolute atomic E-state index is 0.354. The number of rotatable bonds is 6. The average molecular weight is 321 g/mol. The van der Waals surface area contributed by atoms with E-state index in [1.807, 2.05) is 48.5 Å². The third-order valence-electron chi connectivity index (χ3n) is 3.76. The Labute approximate surface area is 141 Å². The zero-order valence-corrected chi connectivity index (χ0v) is 13.5. The molecule has 0 aromatic heterocycles. The fourth-order valence-corrected chi connectivity index (χ4v) is 2.59. The van der Waals surface area contributed by atoms with Crippen LogP contribution in [0, 0.1) is 0 Å². The smallest absolute Gasteiger partial charge is 0.339 e. The number of esters is 1. The van der Waals surface area contributed by atoms with E-state index >= 15 is 0 Å². The van der Waals surface area contributed by atoms with Crippen molar-refractivity contribution in [1.82, 2.24) is 0 Å². The lowest BCUT2D eigenvalue weighted by Gasteiger charge is -2.12. The number of nitrogens with one attached hydrogen (secondary N) is 1. The van der Waals surface area contributed by atoms with Gasteiger partial charge in [-0.05, 0) is 23.6 Å². The summed E-state index contributed by atoms with van der Waals surface area (Å²) in [6.07, 6.45) is 0. The number of anilines is 1. The molecule has 1 N–H and O–H groups in total. The SMILES string of the molecule is COC(=O)c1ccccc1NCCOc1cccc2ccccc12. The summed E-state index contributed by atoms with van der Waals surface area (Å²) >= 11 is 0. The summed E-state index contributed by atoms with van der Waals surface area (Å²) in [4.78, 5) is 11.7. The molecule has 24 heavy (non-hydrogen) atoms. The summed E-state index contributed by atoms with van der Waals surface area (Å²) in [5.41, 5.74) is 1.26. The van der Waals surface area contributed by atoms with Crippen molar-refractivity contribution in [2.45, 2.75) is 0 Å². The van der Waals surface area contributed by atoms with Gasteiger partial charge in [-0.25, -0.2) is 4.79 Å². The Balaban J connectivity index is 1.62. The van der Waals surface area contributed by atoms with E-state index in [0.29, 0.717) is 18.7 Å². The lowest BCUT2D eigenvalue weighted by Crippen LogP contribution is -2.14. The van der Waals surface area contributed by atoms with Crippen molar-refractivity contribution in [1.29, 1.82) is 0 Å². The topological polar surface area (TPSA) is 47.6 Å². The largest absolute Gasteiger partial charge is 0.491 e. The summed E-state index contributed by atoms with van der Waals surface area (Å²) in [5.74, 6) is 0.504. The number of para-hydroxylation sites is 1. The van der Waals surface area contributed by atoms with Crippen LogP contribution in [-0.4, -0.2) is 26.2 Å². The fraction of sp³-hybridized carbons (Fsp3) is 0.150. The van der Waals surface area contributed by atoms with Crippen LogP contribution < -0.4 is 10.1 Å². The zero-order chi connectivity index (χ0) is 16.8. The molecule has 0 aliphatic heterocycles. The van der Waals surface area contributed by atoms with Gasteiger partial charge in [0.05, 0.1) is 12.7 Å². The molecule has 122 valence electrons. The third-order valence-corrected chi connectivity index (χ3v) is 3.76. The lowest BCUT2D eigenvalue weighted by atomic mass is 10.1. The molecule has 0 saturated heterocycles. The van der Waals surface area contributed by atoms with Crippen molar-refractivity contribution in [3.63, 3.8) is 0 Å². The first kappa shape index (κ1) is 15.9. The lowest BCUT2D eigenvalue weighted by molar-refractivity contribution is 0.0602. The van der Waals surface area contributed by atoms with E-state index in [1.54, 1.807) is 6.07 Å². The molecule has 0 unspecified atom stereocenters. The molecule has 0 atom stereocenters. The van der Waals surface area contributed by atoms with Crippen molar-refractivity contribution in [3.8, 4) is 5.75 Å². The van der Waals surface area contributed by atoms with Crippen molar-refractivity contribution in [2.75, 3.05) is 25.6 Å². The van der Waals surface area contributed by atoms with E-state index < -0.39 is 0 Å². The molecular weight excluding hydrogens is 302 g/mol. The monoisotopic (exact) mass is 321 g/mol. The number of ether oxygens (including phenoxy) is 2. The predicted molar refractivity (Wildman–Crippen MR) is 95.7 cm³/mol. The van der Waals surface area contributed by atoms with Crippen LogP contribution in [0.4, 0.5) is 5.69 Å². The quantitative estimate of drug-likeness (QED) is 0.548. The Kier molecular flexibility index (Phi) is 4.96. The second kappa shape index (κ2) is 7.51. The fourth-order valence-electron chi connectivity index (χ4n) is 2.59. The third kappa shape index (κ3) is 3.49. The minimum atomic E-state index is -0.354. The Morgan fingerprint density at radius 2 is 1.71 bits per heavy atom. The molecule has 0 bridgehead atoms. The summed E-state index contributed by atoms with van der Waals surface area (Å²) in [7, 11) is 1.38. The molecule has 0 fully saturated rings. The van der Waals surface area contributed by atoms with Gasteiger partial charge >= 0.3 is 5.97 Å². The van der Waals surface area contributed by atoms with Gasteiger partial charge in [-0.1, -0.05) is 48.5 Å². The molecule has 3 aromatic carbocycles. The molecule has 4 nitrogen and oxygen atoms in total. The van der Waals surface area contributed by atoms with E-state index in [0.717, 1.165) is 22.2 Å². The van der Waals surface area contributed by atoms with Crippen LogP contribution >= 0.6 is 0 Å². The van der Waals surface area contributed by atoms with Gasteiger partial charge in [0.15, 0.2) is 0 Å². The van der Waals surface area contributed by atoms with Crippen molar-refractivity contribution in [2.24, 2.45) is 0 Å². The number of benzene rings is 3. The van der Waals surface area contributed by atoms with Crippen LogP contribution in [0.15, 0.2) is 66.7 Å². The van der Waals surface area contributed by atoms with Crippen LogP contribution in [0.3, 0.4) is 0 Å². The van der Waals surface area contributed by atoms with Crippen LogP contribution in [-0.2, 0) is 4.74 Å². The molecule has 0 radical (unpaired) electrons. The van der Waals surface area contributed by atoms with E-state index in [9.17, 15) is 4.79 Å². The minimum Gasteiger partial charge on any atom is -0.491 e. The number of hydrogen-bond acceptors (Lipinski definition) is 4. The van der Waals surface area contributed by atoms with Crippen LogP contribution in [0.5, 0.6) is 5.75 Å². The van der Waals surface area contributed by atoms with Gasteiger partial charge in [0.1, 0.15) is 12.4 Å². The van der Waals surface area contributed by atoms with E-state index in [4.69, 9.17) is 9.47 Å². The van der Waals surface area contributed by atoms with Crippen LogP contribution in [0.25, 0.3) is 10.8 Å². The van der Waals surface area contributed by atoms with Gasteiger partial charge in [0, 0.05) is 17.6 Å². The van der Waals surface area contributed by atoms with Gasteiger partial charge in [0.25, 0.3) is 0 Å². The maximum absolute atomic E-state index is 11.7. The van der Waals surface area contributed by atoms with Gasteiger partial charge in [-0.3, -0.25) is 0 Å². The van der Waals surface area contributed by atoms with Crippen molar-refractivity contribution < 1.29 is 14.3 Å². The van der Waals surface area contributed by atoms with E-state index in [2.05, 4.69) is 17.4 Å². The number of carbonyl (C=O) groups excluding carboxylic acids is 1. The first-order valence-corrected chi connectivity index (χ1v) is 7.81. The molecule has 0 saturated carbocycles. The maximum atomic E-state index is 11.7. The molecular formula is C20H19NO3. The first-order valence-electron chi connectivity index (χ1n) is 7.81. The maximum Gasteiger partial charge on any atom is 0.339 e. The highest BCUT2D eigenvalue weighted by atomic mass is 16.5. The Morgan fingerprint density at radius 3 is 2.58 bits per heavy atom. The molecule has 0 aliphatic rings. The van der Waals surface area contributed by atoms with Gasteiger partial charge in [0.2, 0.25) is 0 Å². The van der Waals surface area contributed by atoms with E-state index in [1.165, 1.54) is 7.11 Å². The highest BCUT2D eigenvalue weighted by molar-refractivity contribution is 5.95. The number of hydrogen-bond donors (Lipinski definition) is 1. The molecule has 4 heteroatoms. The van der Waals surface area contributed by atoms with Crippen molar-refractivity contribution >= 4 is 22.4 Å². The predicted octanol–water partition coefficient (Wildman–Crippen LogP) is 4.12. The number of fused-ring (bicyclic) bond motifs is 1. The van der Waals surface area contributed by atoms with Crippen molar-refractivity contribution in [3.05, 3.63) is 72.3 Å². The average Bonchev–Trinajstić information content (AvgIpc) is 2.65.